The summed E-state index contributed by atoms with van der Waals surface area (Å²) in [5, 5.41) is 8.51. The molecule has 7 heteroatoms. The fraction of sp³-hybridized carbons (Fsp3) is 0.304. The van der Waals surface area contributed by atoms with Gasteiger partial charge in [-0.25, -0.2) is 4.98 Å². The lowest BCUT2D eigenvalue weighted by Crippen LogP contribution is -2.44. The molecule has 4 aromatic heterocycles. The van der Waals surface area contributed by atoms with Crippen LogP contribution in [0.25, 0.3) is 22.1 Å². The summed E-state index contributed by atoms with van der Waals surface area (Å²) in [6, 6.07) is 12.0. The van der Waals surface area contributed by atoms with Gasteiger partial charge in [0, 0.05) is 37.1 Å². The summed E-state index contributed by atoms with van der Waals surface area (Å²) < 4.78 is 0. The first-order valence-electron chi connectivity index (χ1n) is 10.2. The summed E-state index contributed by atoms with van der Waals surface area (Å²) in [5.74, 6) is 0. The number of pyridine rings is 3. The van der Waals surface area contributed by atoms with Crippen molar-refractivity contribution in [2.75, 3.05) is 6.54 Å². The predicted octanol–water partition coefficient (Wildman–Crippen LogP) is 3.51. The van der Waals surface area contributed by atoms with E-state index >= 15 is 0 Å². The second kappa shape index (κ2) is 8.47. The van der Waals surface area contributed by atoms with Crippen LogP contribution in [0.1, 0.15) is 37.1 Å². The molecule has 1 aliphatic heterocycles. The SMILES string of the molecule is CCc1cc2ncc(CN3CCC3C)cc2[nH]c1=O.N#Cc1ccc2[nH]ccc2n1. The molecule has 1 fully saturated rings. The summed E-state index contributed by atoms with van der Waals surface area (Å²) in [6.45, 7) is 6.30. The van der Waals surface area contributed by atoms with Crippen LogP contribution in [0.5, 0.6) is 0 Å². The first-order chi connectivity index (χ1) is 14.6. The Balaban J connectivity index is 0.000000168. The van der Waals surface area contributed by atoms with E-state index in [0.29, 0.717) is 11.7 Å². The molecule has 5 heterocycles. The van der Waals surface area contributed by atoms with E-state index in [1.807, 2.05) is 43.5 Å². The molecule has 0 spiro atoms. The summed E-state index contributed by atoms with van der Waals surface area (Å²) in [5.41, 5.74) is 5.93. The lowest BCUT2D eigenvalue weighted by atomic mass is 10.0. The second-order valence-corrected chi connectivity index (χ2v) is 7.58. The number of likely N-dealkylation sites (tertiary alicyclic amines) is 1. The Morgan fingerprint density at radius 2 is 2.10 bits per heavy atom. The first-order valence-corrected chi connectivity index (χ1v) is 10.2. The number of rotatable bonds is 3. The van der Waals surface area contributed by atoms with Gasteiger partial charge >= 0.3 is 0 Å². The number of aryl methyl sites for hydroxylation is 1. The molecule has 0 aromatic carbocycles. The summed E-state index contributed by atoms with van der Waals surface area (Å²) in [4.78, 5) is 28.7. The van der Waals surface area contributed by atoms with Gasteiger partial charge in [0.1, 0.15) is 11.8 Å². The van der Waals surface area contributed by atoms with Crippen molar-refractivity contribution in [3.8, 4) is 6.07 Å². The lowest BCUT2D eigenvalue weighted by molar-refractivity contribution is 0.0959. The molecule has 4 aromatic rings. The maximum absolute atomic E-state index is 11.8. The predicted molar refractivity (Wildman–Crippen MR) is 117 cm³/mol. The highest BCUT2D eigenvalue weighted by atomic mass is 16.1. The zero-order chi connectivity index (χ0) is 21.1. The third kappa shape index (κ3) is 4.09. The zero-order valence-corrected chi connectivity index (χ0v) is 17.1. The largest absolute Gasteiger partial charge is 0.360 e. The number of nitrogens with zero attached hydrogens (tertiary/aromatic N) is 4. The Hall–Kier alpha value is -3.50. The molecule has 7 nitrogen and oxygen atoms in total. The number of nitrogens with one attached hydrogen (secondary N) is 2. The number of nitriles is 1. The van der Waals surface area contributed by atoms with E-state index in [1.54, 1.807) is 12.3 Å². The van der Waals surface area contributed by atoms with Gasteiger partial charge < -0.3 is 9.97 Å². The molecule has 1 unspecified atom stereocenters. The van der Waals surface area contributed by atoms with Gasteiger partial charge in [0.05, 0.1) is 22.1 Å². The van der Waals surface area contributed by atoms with E-state index in [4.69, 9.17) is 5.26 Å². The minimum absolute atomic E-state index is 0.00580. The Labute approximate surface area is 174 Å². The third-order valence-electron chi connectivity index (χ3n) is 5.57. The number of aromatic nitrogens is 4. The van der Waals surface area contributed by atoms with Crippen LogP contribution in [-0.4, -0.2) is 37.4 Å². The summed E-state index contributed by atoms with van der Waals surface area (Å²) in [6.07, 6.45) is 5.74. The van der Waals surface area contributed by atoms with Crippen molar-refractivity contribution >= 4 is 22.1 Å². The van der Waals surface area contributed by atoms with Crippen LogP contribution in [0.2, 0.25) is 0 Å². The summed E-state index contributed by atoms with van der Waals surface area (Å²) in [7, 11) is 0. The van der Waals surface area contributed by atoms with Crippen LogP contribution >= 0.6 is 0 Å². The van der Waals surface area contributed by atoms with Gasteiger partial charge in [-0.2, -0.15) is 5.26 Å². The zero-order valence-electron chi connectivity index (χ0n) is 17.1. The van der Waals surface area contributed by atoms with Crippen LogP contribution in [0.15, 0.2) is 47.5 Å². The monoisotopic (exact) mass is 400 g/mol. The van der Waals surface area contributed by atoms with Crippen molar-refractivity contribution in [2.45, 2.75) is 39.3 Å². The van der Waals surface area contributed by atoms with E-state index in [0.717, 1.165) is 47.1 Å². The van der Waals surface area contributed by atoms with Crippen molar-refractivity contribution in [2.24, 2.45) is 0 Å². The van der Waals surface area contributed by atoms with E-state index < -0.39 is 0 Å². The molecule has 1 saturated heterocycles. The number of hydrogen-bond acceptors (Lipinski definition) is 5. The molecule has 1 aliphatic rings. The molecule has 0 radical (unpaired) electrons. The quantitative estimate of drug-likeness (QED) is 0.548. The summed E-state index contributed by atoms with van der Waals surface area (Å²) >= 11 is 0. The van der Waals surface area contributed by atoms with Gasteiger partial charge in [-0.05, 0) is 55.7 Å². The molecule has 0 aliphatic carbocycles. The van der Waals surface area contributed by atoms with E-state index in [2.05, 4.69) is 31.8 Å². The maximum atomic E-state index is 11.8. The number of H-pyrrole nitrogens is 2. The van der Waals surface area contributed by atoms with Crippen molar-refractivity contribution in [3.63, 3.8) is 0 Å². The Kier molecular flexibility index (Phi) is 5.59. The molecule has 1 atom stereocenters. The fourth-order valence-electron chi connectivity index (χ4n) is 3.55. The number of hydrogen-bond donors (Lipinski definition) is 2. The topological polar surface area (TPSA) is 101 Å². The van der Waals surface area contributed by atoms with Gasteiger partial charge in [-0.15, -0.1) is 0 Å². The second-order valence-electron chi connectivity index (χ2n) is 7.58. The fourth-order valence-corrected chi connectivity index (χ4v) is 3.55. The smallest absolute Gasteiger partial charge is 0.251 e. The molecule has 0 amide bonds. The van der Waals surface area contributed by atoms with Crippen LogP contribution in [0.3, 0.4) is 0 Å². The molecular weight excluding hydrogens is 376 g/mol. The minimum atomic E-state index is 0.00580. The van der Waals surface area contributed by atoms with Gasteiger partial charge in [0.2, 0.25) is 0 Å². The van der Waals surface area contributed by atoms with Crippen molar-refractivity contribution in [1.29, 1.82) is 5.26 Å². The van der Waals surface area contributed by atoms with Crippen LogP contribution in [0.4, 0.5) is 0 Å². The van der Waals surface area contributed by atoms with Crippen molar-refractivity contribution in [1.82, 2.24) is 24.8 Å². The van der Waals surface area contributed by atoms with Crippen molar-refractivity contribution in [3.05, 3.63) is 69.9 Å². The van der Waals surface area contributed by atoms with E-state index in [9.17, 15) is 4.79 Å². The lowest BCUT2D eigenvalue weighted by Gasteiger charge is -2.38. The van der Waals surface area contributed by atoms with Gasteiger partial charge in [0.25, 0.3) is 5.56 Å². The Bertz CT molecular complexity index is 1280. The molecule has 2 N–H and O–H groups in total. The number of fused-ring (bicyclic) bond motifs is 2. The first kappa shape index (κ1) is 19.8. The maximum Gasteiger partial charge on any atom is 0.251 e. The van der Waals surface area contributed by atoms with Crippen LogP contribution in [0, 0.1) is 11.3 Å². The Morgan fingerprint density at radius 3 is 2.80 bits per heavy atom. The molecule has 0 saturated carbocycles. The van der Waals surface area contributed by atoms with Crippen molar-refractivity contribution < 1.29 is 0 Å². The van der Waals surface area contributed by atoms with Crippen LogP contribution in [-0.2, 0) is 13.0 Å². The molecule has 152 valence electrons. The minimum Gasteiger partial charge on any atom is -0.360 e. The van der Waals surface area contributed by atoms with Gasteiger partial charge in [0.15, 0.2) is 0 Å². The highest BCUT2D eigenvalue weighted by Crippen LogP contribution is 2.20. The highest BCUT2D eigenvalue weighted by molar-refractivity contribution is 5.75. The molecule has 30 heavy (non-hydrogen) atoms. The van der Waals surface area contributed by atoms with Crippen LogP contribution < -0.4 is 5.56 Å². The number of aromatic amines is 2. The van der Waals surface area contributed by atoms with Gasteiger partial charge in [-0.3, -0.25) is 14.7 Å². The standard InChI is InChI=1S/C15H19N3O.C8H5N3/c1-3-12-7-13-14(17-15(12)19)6-11(8-16-13)9-18-5-4-10(18)2;9-5-6-1-2-7-8(11-6)3-4-10-7/h6-8,10H,3-5,9H2,1-2H3,(H,17,19);1-4,10H. The highest BCUT2D eigenvalue weighted by Gasteiger charge is 2.23. The van der Waals surface area contributed by atoms with Gasteiger partial charge in [-0.1, -0.05) is 6.92 Å². The Morgan fingerprint density at radius 1 is 1.23 bits per heavy atom. The van der Waals surface area contributed by atoms with E-state index in [1.165, 1.54) is 12.0 Å². The normalized spacial score (nSPS) is 16.0. The molecule has 0 bridgehead atoms. The molecule has 5 rings (SSSR count). The average Bonchev–Trinajstić information content (AvgIpc) is 3.24. The third-order valence-corrected chi connectivity index (χ3v) is 5.57. The van der Waals surface area contributed by atoms with E-state index in [-0.39, 0.29) is 5.56 Å². The molecular formula is C23H24N6O. The average molecular weight is 400 g/mol.